The number of alkyl halides is 3. The Morgan fingerprint density at radius 3 is 1.85 bits per heavy atom. The van der Waals surface area contributed by atoms with Crippen LogP contribution in [-0.4, -0.2) is 26.4 Å². The number of benzene rings is 2. The largest absolute Gasteiger partial charge is 0.405 e. The van der Waals surface area contributed by atoms with E-state index < -0.39 is 18.1 Å². The van der Waals surface area contributed by atoms with Crippen molar-refractivity contribution in [1.29, 1.82) is 0 Å². The normalized spacial score (nSPS) is 13.5. The van der Waals surface area contributed by atoms with Gasteiger partial charge in [-0.3, -0.25) is 0 Å². The van der Waals surface area contributed by atoms with Gasteiger partial charge < -0.3 is 10.1 Å². The van der Waals surface area contributed by atoms with Crippen molar-refractivity contribution in [2.45, 2.75) is 70.4 Å². The molecule has 0 saturated carbocycles. The van der Waals surface area contributed by atoms with Crippen molar-refractivity contribution >= 4 is 0 Å². The summed E-state index contributed by atoms with van der Waals surface area (Å²) in [6, 6.07) is 16.1. The number of nitrogens with one attached hydrogen (secondary N) is 1. The molecule has 0 radical (unpaired) electrons. The molecule has 2 nitrogen and oxygen atoms in total. The molecule has 0 saturated heterocycles. The molecule has 0 aliphatic heterocycles. The summed E-state index contributed by atoms with van der Waals surface area (Å²) in [4.78, 5) is 0. The average molecular weight is 462 g/mol. The van der Waals surface area contributed by atoms with Crippen LogP contribution in [0.3, 0.4) is 0 Å². The minimum Gasteiger partial charge on any atom is -0.385 e. The summed E-state index contributed by atoms with van der Waals surface area (Å²) in [6.45, 7) is 8.04. The zero-order valence-electron chi connectivity index (χ0n) is 20.2. The van der Waals surface area contributed by atoms with Crippen LogP contribution >= 0.6 is 0 Å². The minimum atomic E-state index is -4.28. The van der Waals surface area contributed by atoms with Crippen molar-refractivity contribution in [3.05, 3.63) is 71.9 Å². The lowest BCUT2D eigenvalue weighted by Gasteiger charge is -2.35. The molecule has 3 rings (SSSR count). The standard InChI is InChI=1S/C25H30F3N.C3H8O/c1-3-4-5-6-7-12-17-24(19(2)29-18-25(26,27)28)22-15-10-8-13-20(22)21-14-9-11-16-23(21)24;1-3-4-2/h8-11,13-16,29H,2-7,12,17-18H2,1H3;3H2,1-2H3. The Balaban J connectivity index is 0.000000890. The van der Waals surface area contributed by atoms with Crippen molar-refractivity contribution in [2.75, 3.05) is 20.3 Å². The fourth-order valence-corrected chi connectivity index (χ4v) is 4.60. The van der Waals surface area contributed by atoms with E-state index in [0.717, 1.165) is 54.5 Å². The van der Waals surface area contributed by atoms with E-state index in [0.29, 0.717) is 5.70 Å². The highest BCUT2D eigenvalue weighted by atomic mass is 19.4. The maximum atomic E-state index is 12.9. The van der Waals surface area contributed by atoms with E-state index in [1.54, 1.807) is 7.11 Å². The first-order chi connectivity index (χ1) is 15.8. The maximum Gasteiger partial charge on any atom is 0.405 e. The van der Waals surface area contributed by atoms with E-state index in [9.17, 15) is 13.2 Å². The van der Waals surface area contributed by atoms with Gasteiger partial charge in [-0.2, -0.15) is 13.2 Å². The molecule has 2 aromatic carbocycles. The van der Waals surface area contributed by atoms with Gasteiger partial charge in [-0.1, -0.05) is 101 Å². The topological polar surface area (TPSA) is 21.3 Å². The Hall–Kier alpha value is -2.27. The molecule has 0 heterocycles. The Labute approximate surface area is 197 Å². The van der Waals surface area contributed by atoms with E-state index in [4.69, 9.17) is 0 Å². The maximum absolute atomic E-state index is 12.9. The lowest BCUT2D eigenvalue weighted by molar-refractivity contribution is -0.123. The summed E-state index contributed by atoms with van der Waals surface area (Å²) in [5, 5.41) is 2.63. The van der Waals surface area contributed by atoms with Crippen LogP contribution < -0.4 is 5.32 Å². The summed E-state index contributed by atoms with van der Waals surface area (Å²) >= 11 is 0. The van der Waals surface area contributed by atoms with E-state index in [1.165, 1.54) is 19.3 Å². The number of hydrogen-bond acceptors (Lipinski definition) is 2. The smallest absolute Gasteiger partial charge is 0.385 e. The third-order valence-electron chi connectivity index (χ3n) is 6.28. The van der Waals surface area contributed by atoms with Crippen molar-refractivity contribution in [3.8, 4) is 11.1 Å². The number of hydrogen-bond donors (Lipinski definition) is 1. The Morgan fingerprint density at radius 2 is 1.36 bits per heavy atom. The lowest BCUT2D eigenvalue weighted by atomic mass is 9.71. The van der Waals surface area contributed by atoms with Crippen molar-refractivity contribution in [2.24, 2.45) is 0 Å². The van der Waals surface area contributed by atoms with Crippen LogP contribution in [0.4, 0.5) is 13.2 Å². The van der Waals surface area contributed by atoms with Crippen LogP contribution in [0.1, 0.15) is 69.9 Å². The van der Waals surface area contributed by atoms with Crippen molar-refractivity contribution in [1.82, 2.24) is 5.32 Å². The molecule has 182 valence electrons. The number of unbranched alkanes of at least 4 members (excludes halogenated alkanes) is 5. The first kappa shape index (κ1) is 27.0. The van der Waals surface area contributed by atoms with Crippen molar-refractivity contribution < 1.29 is 17.9 Å². The van der Waals surface area contributed by atoms with E-state index in [-0.39, 0.29) is 0 Å². The molecule has 0 amide bonds. The molecule has 2 aromatic rings. The van der Waals surface area contributed by atoms with Crippen LogP contribution in [0.15, 0.2) is 60.8 Å². The van der Waals surface area contributed by atoms with Gasteiger partial charge in [0.25, 0.3) is 0 Å². The van der Waals surface area contributed by atoms with Gasteiger partial charge in [-0.25, -0.2) is 0 Å². The van der Waals surface area contributed by atoms with Gasteiger partial charge in [-0.05, 0) is 35.6 Å². The van der Waals surface area contributed by atoms with Gasteiger partial charge in [0.2, 0.25) is 0 Å². The summed E-state index contributed by atoms with van der Waals surface area (Å²) in [6.07, 6.45) is 3.33. The Bertz CT molecular complexity index is 828. The summed E-state index contributed by atoms with van der Waals surface area (Å²) < 4.78 is 43.4. The molecule has 0 atom stereocenters. The van der Waals surface area contributed by atoms with Gasteiger partial charge in [0.1, 0.15) is 6.54 Å². The van der Waals surface area contributed by atoms with Crippen LogP contribution in [0.5, 0.6) is 0 Å². The molecule has 5 heteroatoms. The molecule has 1 aliphatic rings. The molecule has 0 spiro atoms. The van der Waals surface area contributed by atoms with Gasteiger partial charge >= 0.3 is 6.18 Å². The van der Waals surface area contributed by atoms with Gasteiger partial charge in [-0.15, -0.1) is 0 Å². The quantitative estimate of drug-likeness (QED) is 0.342. The zero-order chi connectivity index (χ0) is 24.3. The second kappa shape index (κ2) is 12.8. The molecule has 33 heavy (non-hydrogen) atoms. The third kappa shape index (κ3) is 6.86. The number of ether oxygens (including phenoxy) is 1. The molecular weight excluding hydrogens is 423 g/mol. The third-order valence-corrected chi connectivity index (χ3v) is 6.28. The van der Waals surface area contributed by atoms with Crippen LogP contribution in [-0.2, 0) is 10.2 Å². The number of allylic oxidation sites excluding steroid dienone is 1. The number of rotatable bonds is 11. The number of fused-ring (bicyclic) bond motifs is 3. The van der Waals surface area contributed by atoms with Crippen LogP contribution in [0, 0.1) is 0 Å². The van der Waals surface area contributed by atoms with E-state index in [1.807, 2.05) is 43.3 Å². The monoisotopic (exact) mass is 461 g/mol. The summed E-state index contributed by atoms with van der Waals surface area (Å²) in [5.41, 5.74) is 4.15. The second-order valence-electron chi connectivity index (χ2n) is 8.54. The van der Waals surface area contributed by atoms with Gasteiger partial charge in [0.05, 0.1) is 5.41 Å². The molecule has 0 fully saturated rings. The highest BCUT2D eigenvalue weighted by Crippen LogP contribution is 2.54. The minimum absolute atomic E-state index is 0.445. The van der Waals surface area contributed by atoms with Gasteiger partial charge in [0.15, 0.2) is 0 Å². The molecule has 0 bridgehead atoms. The molecule has 1 aliphatic carbocycles. The fourth-order valence-electron chi connectivity index (χ4n) is 4.60. The predicted octanol–water partition coefficient (Wildman–Crippen LogP) is 8.02. The molecule has 1 N–H and O–H groups in total. The van der Waals surface area contributed by atoms with Crippen LogP contribution in [0.2, 0.25) is 0 Å². The SMILES string of the molecule is C=C(NCC(F)(F)F)C1(CCCCCCCC)c2ccccc2-c2ccccc21.CCOC. The van der Waals surface area contributed by atoms with Crippen LogP contribution in [0.25, 0.3) is 11.1 Å². The second-order valence-corrected chi connectivity index (χ2v) is 8.54. The molecule has 0 aromatic heterocycles. The molecular formula is C28H38F3NO. The predicted molar refractivity (Wildman–Crippen MR) is 131 cm³/mol. The first-order valence-electron chi connectivity index (χ1n) is 12.0. The fraction of sp³-hybridized carbons (Fsp3) is 0.500. The summed E-state index contributed by atoms with van der Waals surface area (Å²) in [7, 11) is 1.68. The Kier molecular flexibility index (Phi) is 10.5. The van der Waals surface area contributed by atoms with E-state index >= 15 is 0 Å². The first-order valence-corrected chi connectivity index (χ1v) is 12.0. The van der Waals surface area contributed by atoms with E-state index in [2.05, 4.69) is 35.7 Å². The lowest BCUT2D eigenvalue weighted by Crippen LogP contribution is -2.39. The molecule has 0 unspecified atom stereocenters. The number of halogens is 3. The van der Waals surface area contributed by atoms with Crippen molar-refractivity contribution in [3.63, 3.8) is 0 Å². The highest BCUT2D eigenvalue weighted by molar-refractivity contribution is 5.82. The van der Waals surface area contributed by atoms with Gasteiger partial charge in [0, 0.05) is 19.4 Å². The number of methoxy groups -OCH3 is 1. The highest BCUT2D eigenvalue weighted by Gasteiger charge is 2.45. The summed E-state index contributed by atoms with van der Waals surface area (Å²) in [5.74, 6) is 0. The zero-order valence-corrected chi connectivity index (χ0v) is 20.2. The Morgan fingerprint density at radius 1 is 0.879 bits per heavy atom. The average Bonchev–Trinajstić information content (AvgIpc) is 3.10.